The van der Waals surface area contributed by atoms with E-state index in [4.69, 9.17) is 21.1 Å². The van der Waals surface area contributed by atoms with Crippen LogP contribution in [0.3, 0.4) is 0 Å². The molecule has 1 N–H and O–H groups in total. The summed E-state index contributed by atoms with van der Waals surface area (Å²) in [7, 11) is 0. The molecule has 7 nitrogen and oxygen atoms in total. The highest BCUT2D eigenvalue weighted by Gasteiger charge is 2.31. The molecule has 1 atom stereocenters. The van der Waals surface area contributed by atoms with Gasteiger partial charge in [-0.1, -0.05) is 48.0 Å². The predicted molar refractivity (Wildman–Crippen MR) is 144 cm³/mol. The molecule has 0 bridgehead atoms. The zero-order valence-corrected chi connectivity index (χ0v) is 22.7. The van der Waals surface area contributed by atoms with Gasteiger partial charge in [-0.3, -0.25) is 14.5 Å². The van der Waals surface area contributed by atoms with Crippen molar-refractivity contribution in [3.8, 4) is 0 Å². The first-order valence-corrected chi connectivity index (χ1v) is 13.5. The lowest BCUT2D eigenvalue weighted by Crippen LogP contribution is -2.31. The Labute approximate surface area is 229 Å². The van der Waals surface area contributed by atoms with Crippen molar-refractivity contribution in [3.63, 3.8) is 0 Å². The molecule has 200 valence electrons. The first-order chi connectivity index (χ1) is 18.3. The van der Waals surface area contributed by atoms with Gasteiger partial charge in [-0.15, -0.1) is 11.3 Å². The minimum absolute atomic E-state index is 0.00219. The highest BCUT2D eigenvalue weighted by atomic mass is 35.5. The van der Waals surface area contributed by atoms with Crippen LogP contribution in [-0.2, 0) is 45.0 Å². The third-order valence-electron chi connectivity index (χ3n) is 6.16. The van der Waals surface area contributed by atoms with E-state index >= 15 is 0 Å². The normalized spacial score (nSPS) is 13.9. The standard InChI is InChI=1S/C28H28ClFN2O5S/c1-3-36-28(35)25-19-12-13-32(15-18-8-5-4-6-9-18)16-23(19)38-27(25)31-26(34)17(2)37-24(33)14-20-21(29)10-7-11-22(20)30/h4-11,17H,3,12-16H2,1-2H3,(H,31,34)/t17-/m1/s1. The Balaban J connectivity index is 1.46. The molecule has 0 saturated heterocycles. The zero-order chi connectivity index (χ0) is 27.2. The first-order valence-electron chi connectivity index (χ1n) is 12.3. The van der Waals surface area contributed by atoms with Crippen LogP contribution in [0.1, 0.15) is 45.8 Å². The molecule has 1 amide bonds. The largest absolute Gasteiger partial charge is 0.462 e. The molecule has 4 rings (SSSR count). The molecule has 1 aromatic heterocycles. The number of amides is 1. The fourth-order valence-electron chi connectivity index (χ4n) is 4.29. The van der Waals surface area contributed by atoms with E-state index in [2.05, 4.69) is 22.3 Å². The molecule has 1 aliphatic heterocycles. The molecule has 38 heavy (non-hydrogen) atoms. The summed E-state index contributed by atoms with van der Waals surface area (Å²) in [5.41, 5.74) is 2.41. The van der Waals surface area contributed by atoms with Crippen LogP contribution in [0.5, 0.6) is 0 Å². The van der Waals surface area contributed by atoms with Crippen molar-refractivity contribution in [3.05, 3.63) is 86.5 Å². The minimum atomic E-state index is -1.18. The second-order valence-electron chi connectivity index (χ2n) is 8.87. The van der Waals surface area contributed by atoms with E-state index in [-0.39, 0.29) is 17.2 Å². The molecule has 1 aliphatic rings. The Morgan fingerprint density at radius 2 is 1.92 bits per heavy atom. The molecule has 3 aromatic rings. The third-order valence-corrected chi connectivity index (χ3v) is 7.65. The number of hydrogen-bond donors (Lipinski definition) is 1. The molecular formula is C28H28ClFN2O5S. The van der Waals surface area contributed by atoms with Crippen LogP contribution in [0.2, 0.25) is 5.02 Å². The lowest BCUT2D eigenvalue weighted by Gasteiger charge is -2.27. The van der Waals surface area contributed by atoms with Gasteiger partial charge in [-0.25, -0.2) is 9.18 Å². The number of thiophene rings is 1. The molecule has 0 saturated carbocycles. The van der Waals surface area contributed by atoms with Crippen molar-refractivity contribution in [2.45, 2.75) is 45.9 Å². The maximum atomic E-state index is 14.0. The van der Waals surface area contributed by atoms with E-state index < -0.39 is 36.2 Å². The van der Waals surface area contributed by atoms with Crippen LogP contribution in [0.4, 0.5) is 9.39 Å². The zero-order valence-electron chi connectivity index (χ0n) is 21.1. The summed E-state index contributed by atoms with van der Waals surface area (Å²) in [5.74, 6) is -2.54. The van der Waals surface area contributed by atoms with E-state index in [1.807, 2.05) is 18.2 Å². The number of rotatable bonds is 9. The Kier molecular flexibility index (Phi) is 9.14. The van der Waals surface area contributed by atoms with Gasteiger partial charge in [-0.05, 0) is 43.5 Å². The molecule has 0 fully saturated rings. The van der Waals surface area contributed by atoms with Crippen molar-refractivity contribution in [2.75, 3.05) is 18.5 Å². The number of benzene rings is 2. The number of nitrogens with zero attached hydrogens (tertiary/aromatic N) is 1. The third kappa shape index (κ3) is 6.59. The van der Waals surface area contributed by atoms with Crippen LogP contribution in [0, 0.1) is 5.82 Å². The van der Waals surface area contributed by atoms with Gasteiger partial charge in [0.05, 0.1) is 18.6 Å². The number of halogens is 2. The van der Waals surface area contributed by atoms with Gasteiger partial charge in [0.2, 0.25) is 0 Å². The lowest BCUT2D eigenvalue weighted by atomic mass is 10.0. The topological polar surface area (TPSA) is 84.9 Å². The maximum Gasteiger partial charge on any atom is 0.341 e. The van der Waals surface area contributed by atoms with Gasteiger partial charge in [0.15, 0.2) is 6.10 Å². The maximum absolute atomic E-state index is 14.0. The molecule has 2 heterocycles. The summed E-state index contributed by atoms with van der Waals surface area (Å²) in [6.45, 7) is 5.49. The number of anilines is 1. The van der Waals surface area contributed by atoms with E-state index in [9.17, 15) is 18.8 Å². The summed E-state index contributed by atoms with van der Waals surface area (Å²) in [6.07, 6.45) is -0.963. The number of carbonyl (C=O) groups is 3. The number of ether oxygens (including phenoxy) is 2. The summed E-state index contributed by atoms with van der Waals surface area (Å²) in [4.78, 5) is 41.4. The van der Waals surface area contributed by atoms with Gasteiger partial charge in [0, 0.05) is 35.1 Å². The van der Waals surface area contributed by atoms with Gasteiger partial charge >= 0.3 is 11.9 Å². The Morgan fingerprint density at radius 3 is 2.63 bits per heavy atom. The van der Waals surface area contributed by atoms with Crippen LogP contribution >= 0.6 is 22.9 Å². The van der Waals surface area contributed by atoms with Gasteiger partial charge in [-0.2, -0.15) is 0 Å². The summed E-state index contributed by atoms with van der Waals surface area (Å²) in [6, 6.07) is 14.2. The van der Waals surface area contributed by atoms with Gasteiger partial charge in [0.25, 0.3) is 5.91 Å². The van der Waals surface area contributed by atoms with Crippen LogP contribution < -0.4 is 5.32 Å². The van der Waals surface area contributed by atoms with E-state index in [1.54, 1.807) is 6.92 Å². The predicted octanol–water partition coefficient (Wildman–Crippen LogP) is 5.39. The molecule has 0 aliphatic carbocycles. The van der Waals surface area contributed by atoms with Crippen molar-refractivity contribution in [1.29, 1.82) is 0 Å². The molecule has 10 heteroatoms. The quantitative estimate of drug-likeness (QED) is 0.355. The van der Waals surface area contributed by atoms with E-state index in [0.717, 1.165) is 23.5 Å². The van der Waals surface area contributed by atoms with E-state index in [0.29, 0.717) is 23.5 Å². The van der Waals surface area contributed by atoms with Crippen LogP contribution in [-0.4, -0.2) is 42.0 Å². The Hall–Kier alpha value is -3.27. The lowest BCUT2D eigenvalue weighted by molar-refractivity contribution is -0.152. The number of fused-ring (bicyclic) bond motifs is 1. The monoisotopic (exact) mass is 558 g/mol. The summed E-state index contributed by atoms with van der Waals surface area (Å²) in [5, 5.41) is 3.21. The van der Waals surface area contributed by atoms with Gasteiger partial charge in [0.1, 0.15) is 10.8 Å². The smallest absolute Gasteiger partial charge is 0.341 e. The highest BCUT2D eigenvalue weighted by Crippen LogP contribution is 2.38. The SMILES string of the molecule is CCOC(=O)c1c(NC(=O)[C@@H](C)OC(=O)Cc2c(F)cccc2Cl)sc2c1CCN(Cc1ccccc1)C2. The number of hydrogen-bond acceptors (Lipinski definition) is 7. The Bertz CT molecular complexity index is 1310. The van der Waals surface area contributed by atoms with Gasteiger partial charge < -0.3 is 14.8 Å². The first kappa shape index (κ1) is 27.8. The fraction of sp³-hybridized carbons (Fsp3) is 0.321. The molecule has 2 aromatic carbocycles. The molecule has 0 unspecified atom stereocenters. The van der Waals surface area contributed by atoms with Crippen molar-refractivity contribution in [1.82, 2.24) is 4.90 Å². The second-order valence-corrected chi connectivity index (χ2v) is 10.4. The van der Waals surface area contributed by atoms with Crippen molar-refractivity contribution < 1.29 is 28.2 Å². The number of carbonyl (C=O) groups excluding carboxylic acids is 3. The number of nitrogens with one attached hydrogen (secondary N) is 1. The van der Waals surface area contributed by atoms with E-state index in [1.165, 1.54) is 42.0 Å². The minimum Gasteiger partial charge on any atom is -0.462 e. The molecule has 0 radical (unpaired) electrons. The fourth-order valence-corrected chi connectivity index (χ4v) is 5.80. The summed E-state index contributed by atoms with van der Waals surface area (Å²) >= 11 is 7.30. The molecule has 0 spiro atoms. The molecular weight excluding hydrogens is 531 g/mol. The second kappa shape index (κ2) is 12.5. The highest BCUT2D eigenvalue weighted by molar-refractivity contribution is 7.17. The number of esters is 2. The Morgan fingerprint density at radius 1 is 1.16 bits per heavy atom. The van der Waals surface area contributed by atoms with Crippen LogP contribution in [0.15, 0.2) is 48.5 Å². The average molecular weight is 559 g/mol. The average Bonchev–Trinajstić information content (AvgIpc) is 3.24. The van der Waals surface area contributed by atoms with Crippen LogP contribution in [0.25, 0.3) is 0 Å². The summed E-state index contributed by atoms with van der Waals surface area (Å²) < 4.78 is 24.5. The van der Waals surface area contributed by atoms with Crippen molar-refractivity contribution in [2.24, 2.45) is 0 Å². The van der Waals surface area contributed by atoms with Crippen molar-refractivity contribution >= 4 is 45.8 Å².